The van der Waals surface area contributed by atoms with Crippen LogP contribution in [0.25, 0.3) is 77.3 Å². The number of fused-ring (bicyclic) bond motifs is 4. The smallest absolute Gasteiger partial charge is 0.120 e. The largest absolute Gasteiger partial charge is 0.501 e. The summed E-state index contributed by atoms with van der Waals surface area (Å²) >= 11 is 0. The molecule has 3 aromatic heterocycles. The van der Waals surface area contributed by atoms with Gasteiger partial charge in [-0.3, -0.25) is 9.83 Å². The second kappa shape index (κ2) is 18.8. The first kappa shape index (κ1) is 37.1. The van der Waals surface area contributed by atoms with Crippen molar-refractivity contribution in [3.05, 3.63) is 179 Å². The Hall–Kier alpha value is -6.12. The molecule has 65 heavy (non-hydrogen) atoms. The van der Waals surface area contributed by atoms with Crippen molar-refractivity contribution in [1.29, 1.82) is 0 Å². The number of nitrogens with zero attached hydrogens (tertiary/aromatic N) is 4. The van der Waals surface area contributed by atoms with Gasteiger partial charge >= 0.3 is 0 Å². The Kier molecular flexibility index (Phi) is 10.7. The Morgan fingerprint density at radius 1 is 0.800 bits per heavy atom. The summed E-state index contributed by atoms with van der Waals surface area (Å²) in [4.78, 5) is 13.1. The molecule has 0 bridgehead atoms. The van der Waals surface area contributed by atoms with Gasteiger partial charge in [-0.25, -0.2) is 0 Å². The Morgan fingerprint density at radius 3 is 2.26 bits per heavy atom. The van der Waals surface area contributed by atoms with Crippen molar-refractivity contribution in [2.75, 3.05) is 0 Å². The number of furan rings is 1. The molecule has 10 rings (SSSR count). The Morgan fingerprint density at radius 2 is 1.52 bits per heavy atom. The third-order valence-electron chi connectivity index (χ3n) is 12.7. The average Bonchev–Trinajstić information content (AvgIpc) is 3.93. The minimum absolute atomic E-state index is 0. The zero-order chi connectivity index (χ0) is 50.6. The van der Waals surface area contributed by atoms with Crippen LogP contribution < -0.4 is 0 Å². The van der Waals surface area contributed by atoms with Crippen LogP contribution in [-0.2, 0) is 20.1 Å². The molecular weight excluding hydrogens is 973 g/mol. The third kappa shape index (κ3) is 8.98. The van der Waals surface area contributed by atoms with Crippen LogP contribution in [0, 0.1) is 37.8 Å². The first-order valence-corrected chi connectivity index (χ1v) is 22.2. The standard InChI is InChI=1S/C33H32NO.C26H24N3.Ir/c1-21-18-24(23-14-16-33(3,4)17-15-23)12-13-25(21)29-19-30(34-20-22(29)2)28-10-7-9-27-26-8-5-6-11-31(26)35-32(27)28;1-17(2)21-12-9-13-22(18(3)4)25(21)29-24-15-7-6-14-23(24)28-26(29)19-10-8-11-20(16-19)27-5;/h5-9,11-13,18-20,23H,14-17H2,1-4H3;6-9,11-18H,1-4H3;/q2*-1;/i1D3,2D3,23D;;. The van der Waals surface area contributed by atoms with Crippen molar-refractivity contribution in [3.8, 4) is 39.5 Å². The quantitative estimate of drug-likeness (QED) is 0.149. The second-order valence-corrected chi connectivity index (χ2v) is 18.3. The molecule has 0 unspecified atom stereocenters. The van der Waals surface area contributed by atoms with Crippen LogP contribution in [0.15, 0.2) is 132 Å². The van der Waals surface area contributed by atoms with Crippen molar-refractivity contribution >= 4 is 38.7 Å². The fraction of sp³-hybridized carbons (Fsp3) is 0.271. The molecule has 0 saturated heterocycles. The fourth-order valence-corrected chi connectivity index (χ4v) is 9.07. The van der Waals surface area contributed by atoms with Gasteiger partial charge in [0, 0.05) is 47.0 Å². The summed E-state index contributed by atoms with van der Waals surface area (Å²) in [6.07, 6.45) is 4.33. The zero-order valence-corrected chi connectivity index (χ0v) is 40.0. The second-order valence-electron chi connectivity index (χ2n) is 18.3. The summed E-state index contributed by atoms with van der Waals surface area (Å²) in [5.74, 6) is 0.676. The summed E-state index contributed by atoms with van der Waals surface area (Å²) in [5.41, 5.74) is 10.9. The maximum absolute atomic E-state index is 9.23. The van der Waals surface area contributed by atoms with Gasteiger partial charge in [0.05, 0.1) is 29.0 Å². The summed E-state index contributed by atoms with van der Waals surface area (Å²) in [5, 5.41) is 1.82. The number of hydrogen-bond acceptors (Lipinski definition) is 3. The number of pyridine rings is 1. The monoisotopic (exact) mass is 1040 g/mol. The average molecular weight is 1040 g/mol. The van der Waals surface area contributed by atoms with E-state index in [-0.39, 0.29) is 42.2 Å². The van der Waals surface area contributed by atoms with Crippen LogP contribution in [0.2, 0.25) is 0 Å². The van der Waals surface area contributed by atoms with Crippen LogP contribution in [-0.4, -0.2) is 14.5 Å². The van der Waals surface area contributed by atoms with Gasteiger partial charge in [0.25, 0.3) is 0 Å². The molecule has 9 aromatic rings. The topological polar surface area (TPSA) is 48.2 Å². The molecule has 6 heteroatoms. The van der Waals surface area contributed by atoms with Gasteiger partial charge in [-0.05, 0) is 125 Å². The number of benzene rings is 6. The molecule has 0 atom stereocenters. The first-order valence-electron chi connectivity index (χ1n) is 25.7. The molecule has 1 aliphatic carbocycles. The third-order valence-corrected chi connectivity index (χ3v) is 12.7. The Balaban J connectivity index is 0.000000203. The minimum atomic E-state index is -2.54. The molecule has 5 nitrogen and oxygen atoms in total. The van der Waals surface area contributed by atoms with Crippen LogP contribution in [0.3, 0.4) is 0 Å². The number of imidazole rings is 1. The molecule has 3 heterocycles. The van der Waals surface area contributed by atoms with Crippen molar-refractivity contribution in [1.82, 2.24) is 14.5 Å². The van der Waals surface area contributed by atoms with Gasteiger partial charge in [-0.15, -0.1) is 42.0 Å². The minimum Gasteiger partial charge on any atom is -0.501 e. The van der Waals surface area contributed by atoms with Gasteiger partial charge in [0.2, 0.25) is 0 Å². The number of aromatic nitrogens is 3. The molecule has 1 fully saturated rings. The molecule has 1 aliphatic rings. The fourth-order valence-electron chi connectivity index (χ4n) is 9.07. The summed E-state index contributed by atoms with van der Waals surface area (Å²) < 4.78 is 67.6. The van der Waals surface area contributed by atoms with Crippen LogP contribution in [0.4, 0.5) is 5.69 Å². The van der Waals surface area contributed by atoms with E-state index in [1.54, 1.807) is 36.4 Å². The van der Waals surface area contributed by atoms with Gasteiger partial charge < -0.3 is 14.0 Å². The molecule has 1 saturated carbocycles. The van der Waals surface area contributed by atoms with Crippen molar-refractivity contribution in [3.63, 3.8) is 0 Å². The Labute approximate surface area is 408 Å². The van der Waals surface area contributed by atoms with E-state index in [2.05, 4.69) is 98.4 Å². The predicted octanol–water partition coefficient (Wildman–Crippen LogP) is 16.7. The molecule has 329 valence electrons. The van der Waals surface area contributed by atoms with Gasteiger partial charge in [0.1, 0.15) is 11.3 Å². The van der Waals surface area contributed by atoms with E-state index < -0.39 is 19.6 Å². The van der Waals surface area contributed by atoms with Crippen molar-refractivity contribution in [2.45, 2.75) is 98.7 Å². The predicted molar refractivity (Wildman–Crippen MR) is 265 cm³/mol. The van der Waals surface area contributed by atoms with Crippen LogP contribution in [0.5, 0.6) is 0 Å². The molecule has 1 radical (unpaired) electrons. The van der Waals surface area contributed by atoms with Gasteiger partial charge in [0.15, 0.2) is 0 Å². The van der Waals surface area contributed by atoms with Crippen molar-refractivity contribution in [2.24, 2.45) is 5.41 Å². The van der Waals surface area contributed by atoms with E-state index in [4.69, 9.17) is 24.2 Å². The summed E-state index contributed by atoms with van der Waals surface area (Å²) in [6, 6.07) is 44.8. The van der Waals surface area contributed by atoms with Crippen molar-refractivity contribution < 1.29 is 34.1 Å². The van der Waals surface area contributed by atoms with Gasteiger partial charge in [-0.2, -0.15) is 6.07 Å². The Bertz CT molecular complexity index is 3470. The van der Waals surface area contributed by atoms with Crippen LogP contribution in [0.1, 0.15) is 122 Å². The first-order chi connectivity index (χ1) is 33.7. The molecule has 0 N–H and O–H groups in total. The normalized spacial score (nSPS) is 16.3. The molecule has 0 amide bonds. The number of para-hydroxylation sites is 4. The maximum Gasteiger partial charge on any atom is 0.120 e. The van der Waals surface area contributed by atoms with E-state index >= 15 is 0 Å². The van der Waals surface area contributed by atoms with E-state index in [0.717, 1.165) is 46.0 Å². The zero-order valence-electron chi connectivity index (χ0n) is 44.6. The number of aryl methyl sites for hydroxylation is 2. The summed E-state index contributed by atoms with van der Waals surface area (Å²) in [6.45, 7) is 15.6. The van der Waals surface area contributed by atoms with Gasteiger partial charge in [-0.1, -0.05) is 125 Å². The van der Waals surface area contributed by atoms with Crippen LogP contribution >= 0.6 is 0 Å². The van der Waals surface area contributed by atoms with E-state index in [9.17, 15) is 1.37 Å². The van der Waals surface area contributed by atoms with E-state index in [1.165, 1.54) is 23.0 Å². The molecule has 6 aromatic carbocycles. The van der Waals surface area contributed by atoms with E-state index in [1.807, 2.05) is 54.6 Å². The SMILES string of the molecule is [2H]C([2H])([2H])c1cnc(-c2[c-]ccc3c2oc2ccccc23)cc1-c1ccc(C2([2H])CCC(C)(C)CC2)cc1C([2H])([2H])[2H].[C-]#[N+]c1cc[c-]c(-c2nc3ccccc3n2-c2c(C(C)C)cccc2C(C)C)c1.[Ir]. The maximum atomic E-state index is 9.23. The molecule has 0 spiro atoms. The number of hydrogen-bond donors (Lipinski definition) is 0. The summed E-state index contributed by atoms with van der Waals surface area (Å²) in [7, 11) is 0. The van der Waals surface area contributed by atoms with E-state index in [0.29, 0.717) is 63.9 Å². The number of rotatable bonds is 7. The molecule has 0 aliphatic heterocycles. The molecular formula is C59H56IrN4O-2.